The van der Waals surface area contributed by atoms with Gasteiger partial charge in [-0.3, -0.25) is 14.9 Å². The molecule has 9 heteroatoms. The van der Waals surface area contributed by atoms with Gasteiger partial charge in [-0.1, -0.05) is 30.3 Å². The number of carboxylic acid groups (broad SMARTS) is 1. The number of rotatable bonds is 7. The molecule has 1 saturated heterocycles. The number of hydrogen-bond donors (Lipinski definition) is 2. The standard InChI is InChI=1S/C21H18N2O7/c1-2-29-16-10-6-7-13(18(16)30-12-17(24)25)11-15-19(26)22-21(28)23(20(15)27)14-8-4-3-5-9-14/h3-11H,2,12H2,1H3,(H,24,25)(H,22,26,28)/b15-11-. The topological polar surface area (TPSA) is 122 Å². The van der Waals surface area contributed by atoms with Crippen molar-refractivity contribution in [1.82, 2.24) is 5.32 Å². The number of nitrogens with zero attached hydrogens (tertiary/aromatic N) is 1. The summed E-state index contributed by atoms with van der Waals surface area (Å²) in [5.41, 5.74) is 0.235. The Labute approximate surface area is 171 Å². The van der Waals surface area contributed by atoms with Crippen LogP contribution >= 0.6 is 0 Å². The van der Waals surface area contributed by atoms with Crippen LogP contribution in [-0.4, -0.2) is 42.1 Å². The second kappa shape index (κ2) is 8.91. The molecule has 4 amide bonds. The van der Waals surface area contributed by atoms with Gasteiger partial charge in [0.25, 0.3) is 11.8 Å². The highest BCUT2D eigenvalue weighted by molar-refractivity contribution is 6.39. The summed E-state index contributed by atoms with van der Waals surface area (Å²) in [5, 5.41) is 11.1. The normalized spacial score (nSPS) is 15.2. The molecule has 30 heavy (non-hydrogen) atoms. The third kappa shape index (κ3) is 4.30. The highest BCUT2D eigenvalue weighted by Gasteiger charge is 2.37. The van der Waals surface area contributed by atoms with Crippen molar-refractivity contribution in [1.29, 1.82) is 0 Å². The molecule has 0 atom stereocenters. The molecular formula is C21H18N2O7. The average Bonchev–Trinajstić information content (AvgIpc) is 2.71. The third-order valence-electron chi connectivity index (χ3n) is 4.07. The molecule has 0 saturated carbocycles. The summed E-state index contributed by atoms with van der Waals surface area (Å²) in [5.74, 6) is -2.57. The summed E-state index contributed by atoms with van der Waals surface area (Å²) in [6.07, 6.45) is 1.24. The molecule has 0 bridgehead atoms. The van der Waals surface area contributed by atoms with Crippen LogP contribution in [0.5, 0.6) is 11.5 Å². The van der Waals surface area contributed by atoms with Crippen LogP contribution < -0.4 is 19.7 Å². The van der Waals surface area contributed by atoms with Crippen molar-refractivity contribution in [2.75, 3.05) is 18.1 Å². The van der Waals surface area contributed by atoms with Crippen molar-refractivity contribution < 1.29 is 33.8 Å². The number of benzene rings is 2. The van der Waals surface area contributed by atoms with Crippen LogP contribution in [0.4, 0.5) is 10.5 Å². The molecule has 0 radical (unpaired) electrons. The van der Waals surface area contributed by atoms with Gasteiger partial charge in [-0.15, -0.1) is 0 Å². The summed E-state index contributed by atoms with van der Waals surface area (Å²) in [6.45, 7) is 1.39. The first-order valence-electron chi connectivity index (χ1n) is 8.99. The van der Waals surface area contributed by atoms with Gasteiger partial charge in [-0.25, -0.2) is 14.5 Å². The number of nitrogens with one attached hydrogen (secondary N) is 1. The summed E-state index contributed by atoms with van der Waals surface area (Å²) >= 11 is 0. The first-order valence-corrected chi connectivity index (χ1v) is 8.99. The number of anilines is 1. The first-order chi connectivity index (χ1) is 14.4. The average molecular weight is 410 g/mol. The molecule has 1 aliphatic heterocycles. The van der Waals surface area contributed by atoms with Gasteiger partial charge >= 0.3 is 12.0 Å². The number of amides is 4. The Balaban J connectivity index is 2.05. The molecule has 2 aromatic carbocycles. The molecule has 9 nitrogen and oxygen atoms in total. The second-order valence-corrected chi connectivity index (χ2v) is 6.08. The molecule has 154 valence electrons. The van der Waals surface area contributed by atoms with E-state index in [1.807, 2.05) is 0 Å². The maximum Gasteiger partial charge on any atom is 0.341 e. The van der Waals surface area contributed by atoms with E-state index >= 15 is 0 Å². The maximum atomic E-state index is 12.9. The zero-order chi connectivity index (χ0) is 21.7. The molecule has 2 N–H and O–H groups in total. The molecule has 1 heterocycles. The lowest BCUT2D eigenvalue weighted by atomic mass is 10.1. The fraction of sp³-hybridized carbons (Fsp3) is 0.143. The van der Waals surface area contributed by atoms with Crippen LogP contribution in [0.1, 0.15) is 12.5 Å². The quantitative estimate of drug-likeness (QED) is 0.530. The number of carboxylic acids is 1. The highest BCUT2D eigenvalue weighted by atomic mass is 16.5. The van der Waals surface area contributed by atoms with Crippen molar-refractivity contribution in [2.24, 2.45) is 0 Å². The Hall–Kier alpha value is -4.14. The molecule has 1 aliphatic rings. The van der Waals surface area contributed by atoms with Crippen LogP contribution in [0.2, 0.25) is 0 Å². The number of para-hydroxylation sites is 2. The van der Waals surface area contributed by atoms with Crippen LogP contribution in [-0.2, 0) is 14.4 Å². The van der Waals surface area contributed by atoms with Gasteiger partial charge in [0.2, 0.25) is 0 Å². The Morgan fingerprint density at radius 2 is 1.80 bits per heavy atom. The fourth-order valence-electron chi connectivity index (χ4n) is 2.83. The van der Waals surface area contributed by atoms with Gasteiger partial charge < -0.3 is 14.6 Å². The predicted molar refractivity (Wildman–Crippen MR) is 106 cm³/mol. The number of ether oxygens (including phenoxy) is 2. The molecule has 0 spiro atoms. The summed E-state index contributed by atoms with van der Waals surface area (Å²) in [4.78, 5) is 49.3. The minimum absolute atomic E-state index is 0.0676. The Morgan fingerprint density at radius 1 is 1.07 bits per heavy atom. The van der Waals surface area contributed by atoms with E-state index in [0.717, 1.165) is 4.90 Å². The van der Waals surface area contributed by atoms with Gasteiger partial charge in [0, 0.05) is 5.56 Å². The SMILES string of the molecule is CCOc1cccc(/C=C2/C(=O)NC(=O)N(c3ccccc3)C2=O)c1OCC(=O)O. The molecule has 1 fully saturated rings. The largest absolute Gasteiger partial charge is 0.490 e. The minimum atomic E-state index is -1.20. The summed E-state index contributed by atoms with van der Waals surface area (Å²) in [7, 11) is 0. The number of carbonyl (C=O) groups is 4. The van der Waals surface area contributed by atoms with Crippen LogP contribution in [0.15, 0.2) is 54.1 Å². The lowest BCUT2D eigenvalue weighted by Gasteiger charge is -2.26. The molecule has 0 aliphatic carbocycles. The number of hydrogen-bond acceptors (Lipinski definition) is 6. The van der Waals surface area contributed by atoms with E-state index in [0.29, 0.717) is 12.3 Å². The summed E-state index contributed by atoms with van der Waals surface area (Å²) < 4.78 is 10.8. The summed E-state index contributed by atoms with van der Waals surface area (Å²) in [6, 6.07) is 12.0. The molecule has 3 rings (SSSR count). The van der Waals surface area contributed by atoms with Gasteiger partial charge in [0.1, 0.15) is 5.57 Å². The van der Waals surface area contributed by atoms with E-state index in [4.69, 9.17) is 14.6 Å². The zero-order valence-corrected chi connectivity index (χ0v) is 16.0. The van der Waals surface area contributed by atoms with E-state index in [1.165, 1.54) is 12.1 Å². The lowest BCUT2D eigenvalue weighted by Crippen LogP contribution is -2.54. The number of barbiturate groups is 1. The van der Waals surface area contributed by atoms with Crippen LogP contribution in [0, 0.1) is 0 Å². The Morgan fingerprint density at radius 3 is 2.47 bits per heavy atom. The Kier molecular flexibility index (Phi) is 6.11. The van der Waals surface area contributed by atoms with E-state index in [-0.39, 0.29) is 22.6 Å². The van der Waals surface area contributed by atoms with E-state index in [9.17, 15) is 19.2 Å². The van der Waals surface area contributed by atoms with Crippen molar-refractivity contribution in [3.05, 3.63) is 59.7 Å². The highest BCUT2D eigenvalue weighted by Crippen LogP contribution is 2.34. The van der Waals surface area contributed by atoms with Crippen molar-refractivity contribution >= 4 is 35.6 Å². The molecule has 2 aromatic rings. The molecular weight excluding hydrogens is 392 g/mol. The van der Waals surface area contributed by atoms with Gasteiger partial charge in [-0.2, -0.15) is 0 Å². The number of carbonyl (C=O) groups excluding carboxylic acids is 3. The second-order valence-electron chi connectivity index (χ2n) is 6.08. The fourth-order valence-corrected chi connectivity index (χ4v) is 2.83. The number of imide groups is 2. The van der Waals surface area contributed by atoms with Gasteiger partial charge in [0.15, 0.2) is 18.1 Å². The van der Waals surface area contributed by atoms with Gasteiger partial charge in [-0.05, 0) is 31.2 Å². The lowest BCUT2D eigenvalue weighted by molar-refractivity contribution is -0.139. The van der Waals surface area contributed by atoms with Crippen LogP contribution in [0.25, 0.3) is 6.08 Å². The van der Waals surface area contributed by atoms with Crippen LogP contribution in [0.3, 0.4) is 0 Å². The Bertz CT molecular complexity index is 1030. The van der Waals surface area contributed by atoms with E-state index < -0.39 is 30.4 Å². The number of urea groups is 1. The maximum absolute atomic E-state index is 12.9. The van der Waals surface area contributed by atoms with Gasteiger partial charge in [0.05, 0.1) is 12.3 Å². The monoisotopic (exact) mass is 410 g/mol. The molecule has 0 aromatic heterocycles. The minimum Gasteiger partial charge on any atom is -0.490 e. The predicted octanol–water partition coefficient (Wildman–Crippen LogP) is 2.22. The molecule has 0 unspecified atom stereocenters. The van der Waals surface area contributed by atoms with E-state index in [1.54, 1.807) is 49.4 Å². The van der Waals surface area contributed by atoms with Crippen molar-refractivity contribution in [3.63, 3.8) is 0 Å². The third-order valence-corrected chi connectivity index (χ3v) is 4.07. The smallest absolute Gasteiger partial charge is 0.341 e. The van der Waals surface area contributed by atoms with E-state index in [2.05, 4.69) is 5.32 Å². The van der Waals surface area contributed by atoms with Crippen molar-refractivity contribution in [2.45, 2.75) is 6.92 Å². The number of aliphatic carboxylic acids is 1. The zero-order valence-electron chi connectivity index (χ0n) is 16.0. The first kappa shape index (κ1) is 20.6. The van der Waals surface area contributed by atoms with Crippen molar-refractivity contribution in [3.8, 4) is 11.5 Å².